The van der Waals surface area contributed by atoms with Crippen molar-refractivity contribution in [2.45, 2.75) is 19.9 Å². The van der Waals surface area contributed by atoms with Crippen LogP contribution in [0, 0.1) is 17.6 Å². The molecule has 1 fully saturated rings. The molecule has 0 bridgehead atoms. The van der Waals surface area contributed by atoms with Crippen molar-refractivity contribution in [3.05, 3.63) is 54.0 Å². The number of fused-ring (bicyclic) bond motifs is 1. The average Bonchev–Trinajstić information content (AvgIpc) is 2.85. The molecule has 4 heterocycles. The van der Waals surface area contributed by atoms with Crippen LogP contribution in [0.4, 0.5) is 36.2 Å². The van der Waals surface area contributed by atoms with E-state index >= 15 is 0 Å². The number of benzene rings is 1. The van der Waals surface area contributed by atoms with Gasteiger partial charge in [-0.15, -0.1) is 0 Å². The zero-order chi connectivity index (χ0) is 24.5. The van der Waals surface area contributed by atoms with Gasteiger partial charge in [0, 0.05) is 37.8 Å². The molecule has 0 aliphatic carbocycles. The second-order valence-corrected chi connectivity index (χ2v) is 8.84. The maximum Gasteiger partial charge on any atom is 0.238 e. The van der Waals surface area contributed by atoms with Crippen molar-refractivity contribution in [1.29, 1.82) is 0 Å². The predicted molar refractivity (Wildman–Crippen MR) is 130 cm³/mol. The Bertz CT molecular complexity index is 1230. The van der Waals surface area contributed by atoms with Crippen LogP contribution in [0.15, 0.2) is 36.4 Å². The van der Waals surface area contributed by atoms with Gasteiger partial charge in [0.15, 0.2) is 11.6 Å². The van der Waals surface area contributed by atoms with Gasteiger partial charge in [0.05, 0.1) is 17.9 Å². The van der Waals surface area contributed by atoms with E-state index in [0.717, 1.165) is 13.1 Å². The van der Waals surface area contributed by atoms with Gasteiger partial charge in [-0.25, -0.2) is 18.7 Å². The van der Waals surface area contributed by atoms with Gasteiger partial charge >= 0.3 is 0 Å². The maximum atomic E-state index is 14.9. The van der Waals surface area contributed by atoms with Crippen LogP contribution in [0.3, 0.4) is 0 Å². The highest BCUT2D eigenvalue weighted by Crippen LogP contribution is 2.39. The number of anilines is 4. The lowest BCUT2D eigenvalue weighted by atomic mass is 10.1. The number of ether oxygens (including phenoxy) is 1. The summed E-state index contributed by atoms with van der Waals surface area (Å²) in [5.74, 6) is -1.11. The molecule has 0 spiro atoms. The molecular formula is C25H27F3N6O. The monoisotopic (exact) mass is 484 g/mol. The fourth-order valence-corrected chi connectivity index (χ4v) is 4.46. The third-order valence-corrected chi connectivity index (χ3v) is 6.20. The minimum atomic E-state index is -0.601. The molecule has 2 aromatic heterocycles. The van der Waals surface area contributed by atoms with Gasteiger partial charge in [-0.2, -0.15) is 4.39 Å². The maximum absolute atomic E-state index is 14.9. The number of hydrogen-bond acceptors (Lipinski definition) is 7. The summed E-state index contributed by atoms with van der Waals surface area (Å²) in [5.41, 5.74) is 1.26. The number of nitrogens with zero attached hydrogens (tertiary/aromatic N) is 4. The largest absolute Gasteiger partial charge is 0.486 e. The number of nitrogens with one attached hydrogen (secondary N) is 2. The number of pyridine rings is 2. The second kappa shape index (κ2) is 9.61. The molecule has 0 unspecified atom stereocenters. The first-order chi connectivity index (χ1) is 16.9. The van der Waals surface area contributed by atoms with Crippen LogP contribution in [0.1, 0.15) is 13.8 Å². The molecule has 1 aromatic carbocycles. The molecule has 1 saturated heterocycles. The lowest BCUT2D eigenvalue weighted by Gasteiger charge is -2.34. The van der Waals surface area contributed by atoms with Gasteiger partial charge in [-0.1, -0.05) is 0 Å². The van der Waals surface area contributed by atoms with Crippen molar-refractivity contribution in [2.24, 2.45) is 0 Å². The molecule has 3 aromatic rings. The summed E-state index contributed by atoms with van der Waals surface area (Å²) in [6.07, 6.45) is 0. The summed E-state index contributed by atoms with van der Waals surface area (Å²) >= 11 is 0. The van der Waals surface area contributed by atoms with Gasteiger partial charge in [0.2, 0.25) is 5.95 Å². The van der Waals surface area contributed by atoms with Crippen LogP contribution < -0.4 is 25.2 Å². The Hall–Kier alpha value is -3.53. The van der Waals surface area contributed by atoms with E-state index in [9.17, 15) is 13.2 Å². The molecule has 0 saturated carbocycles. The van der Waals surface area contributed by atoms with Gasteiger partial charge in [0.1, 0.15) is 29.8 Å². The molecule has 2 N–H and O–H groups in total. The average molecular weight is 485 g/mol. The summed E-state index contributed by atoms with van der Waals surface area (Å²) in [6.45, 7) is 7.95. The molecule has 0 amide bonds. The topological polar surface area (TPSA) is 65.6 Å². The molecule has 2 aliphatic heterocycles. The quantitative estimate of drug-likeness (QED) is 0.523. The standard InChI is InChI=1S/C25H27F3N6O/c1-15(2)34-11-12-35-24-18(27)13-16(14-20(24)34)23-17(26)3-5-21(31-23)30-22-6-4-19(25(28)32-22)33-9-7-29-8-10-33/h3-6,13-15,29H,7-12H2,1-2H3,(H,30,31,32). The first kappa shape index (κ1) is 23.2. The minimum absolute atomic E-state index is 0.0242. The number of hydrogen-bond donors (Lipinski definition) is 2. The molecular weight excluding hydrogens is 457 g/mol. The van der Waals surface area contributed by atoms with E-state index in [2.05, 4.69) is 20.6 Å². The van der Waals surface area contributed by atoms with E-state index in [1.165, 1.54) is 18.2 Å². The van der Waals surface area contributed by atoms with Crippen molar-refractivity contribution < 1.29 is 17.9 Å². The number of piperazine rings is 1. The van der Waals surface area contributed by atoms with E-state index < -0.39 is 17.6 Å². The molecule has 0 atom stereocenters. The summed E-state index contributed by atoms with van der Waals surface area (Å²) in [7, 11) is 0. The van der Waals surface area contributed by atoms with Crippen LogP contribution >= 0.6 is 0 Å². The van der Waals surface area contributed by atoms with Crippen LogP contribution in [0.25, 0.3) is 11.3 Å². The molecule has 10 heteroatoms. The third kappa shape index (κ3) is 4.70. The third-order valence-electron chi connectivity index (χ3n) is 6.20. The SMILES string of the molecule is CC(C)N1CCOc2c(F)cc(-c3nc(Nc4ccc(N5CCNCC5)c(F)n4)ccc3F)cc21. The number of halogens is 3. The van der Waals surface area contributed by atoms with Gasteiger partial charge in [0.25, 0.3) is 0 Å². The van der Waals surface area contributed by atoms with Crippen LogP contribution in [-0.2, 0) is 0 Å². The molecule has 5 rings (SSSR count). The molecule has 184 valence electrons. The van der Waals surface area contributed by atoms with E-state index in [-0.39, 0.29) is 34.7 Å². The zero-order valence-electron chi connectivity index (χ0n) is 19.6. The lowest BCUT2D eigenvalue weighted by Crippen LogP contribution is -2.44. The summed E-state index contributed by atoms with van der Waals surface area (Å²) in [4.78, 5) is 12.3. The molecule has 0 radical (unpaired) electrons. The van der Waals surface area contributed by atoms with Crippen molar-refractivity contribution >= 4 is 23.0 Å². The fourth-order valence-electron chi connectivity index (χ4n) is 4.46. The highest BCUT2D eigenvalue weighted by Gasteiger charge is 2.25. The van der Waals surface area contributed by atoms with Crippen LogP contribution in [0.2, 0.25) is 0 Å². The first-order valence-electron chi connectivity index (χ1n) is 11.7. The van der Waals surface area contributed by atoms with Gasteiger partial charge in [-0.3, -0.25) is 0 Å². The second-order valence-electron chi connectivity index (χ2n) is 8.84. The number of aromatic nitrogens is 2. The van der Waals surface area contributed by atoms with Crippen LogP contribution in [-0.4, -0.2) is 55.3 Å². The van der Waals surface area contributed by atoms with Gasteiger partial charge in [-0.05, 0) is 50.2 Å². The van der Waals surface area contributed by atoms with E-state index in [0.29, 0.717) is 37.6 Å². The normalized spacial score (nSPS) is 15.7. The fraction of sp³-hybridized carbons (Fsp3) is 0.360. The molecule has 2 aliphatic rings. The van der Waals surface area contributed by atoms with Crippen molar-refractivity contribution in [3.8, 4) is 17.0 Å². The Morgan fingerprint density at radius 1 is 0.914 bits per heavy atom. The first-order valence-corrected chi connectivity index (χ1v) is 11.7. The lowest BCUT2D eigenvalue weighted by molar-refractivity contribution is 0.287. The van der Waals surface area contributed by atoms with E-state index in [1.54, 1.807) is 18.2 Å². The Morgan fingerprint density at radius 3 is 2.40 bits per heavy atom. The molecule has 7 nitrogen and oxygen atoms in total. The highest BCUT2D eigenvalue weighted by atomic mass is 19.1. The summed E-state index contributed by atoms with van der Waals surface area (Å²) in [6, 6.07) is 9.01. The Labute approximate surface area is 201 Å². The van der Waals surface area contributed by atoms with Crippen molar-refractivity contribution in [2.75, 3.05) is 54.4 Å². The van der Waals surface area contributed by atoms with Crippen LogP contribution in [0.5, 0.6) is 5.75 Å². The molecule has 35 heavy (non-hydrogen) atoms. The van der Waals surface area contributed by atoms with Crippen molar-refractivity contribution in [3.63, 3.8) is 0 Å². The van der Waals surface area contributed by atoms with E-state index in [1.807, 2.05) is 23.6 Å². The van der Waals surface area contributed by atoms with E-state index in [4.69, 9.17) is 4.74 Å². The van der Waals surface area contributed by atoms with Gasteiger partial charge < -0.3 is 25.2 Å². The zero-order valence-corrected chi connectivity index (χ0v) is 19.6. The predicted octanol–water partition coefficient (Wildman–Crippen LogP) is 4.32. The number of rotatable bonds is 5. The highest BCUT2D eigenvalue weighted by molar-refractivity contribution is 5.73. The minimum Gasteiger partial charge on any atom is -0.486 e. The smallest absolute Gasteiger partial charge is 0.238 e. The summed E-state index contributed by atoms with van der Waals surface area (Å²) in [5, 5.41) is 6.16. The van der Waals surface area contributed by atoms with Crippen molar-refractivity contribution in [1.82, 2.24) is 15.3 Å². The Balaban J connectivity index is 1.43. The Kier molecular flexibility index (Phi) is 6.38. The summed E-state index contributed by atoms with van der Waals surface area (Å²) < 4.78 is 49.9. The Morgan fingerprint density at radius 2 is 1.66 bits per heavy atom.